The number of hydrogen-bond acceptors (Lipinski definition) is 7. The third-order valence-electron chi connectivity index (χ3n) is 6.25. The quantitative estimate of drug-likeness (QED) is 0.148. The fourth-order valence-electron chi connectivity index (χ4n) is 3.96. The van der Waals surface area contributed by atoms with Gasteiger partial charge >= 0.3 is 10.1 Å². The van der Waals surface area contributed by atoms with Gasteiger partial charge in [-0.1, -0.05) is 77.4 Å². The third kappa shape index (κ3) is 8.35. The number of amides is 1. The Morgan fingerprint density at radius 3 is 1.98 bits per heavy atom. The molecule has 42 heavy (non-hydrogen) atoms. The van der Waals surface area contributed by atoms with E-state index in [9.17, 15) is 21.6 Å². The van der Waals surface area contributed by atoms with E-state index in [1.165, 1.54) is 42.6 Å². The maximum atomic E-state index is 13.1. The molecule has 2 N–H and O–H groups in total. The maximum Gasteiger partial charge on any atom is 0.339 e. The second kappa shape index (κ2) is 13.1. The summed E-state index contributed by atoms with van der Waals surface area (Å²) in [6.45, 7) is 5.62. The van der Waals surface area contributed by atoms with Crippen LogP contribution in [0.3, 0.4) is 0 Å². The zero-order chi connectivity index (χ0) is 30.3. The van der Waals surface area contributed by atoms with Crippen LogP contribution in [0.2, 0.25) is 0 Å². The first-order chi connectivity index (χ1) is 19.9. The normalized spacial score (nSPS) is 12.6. The van der Waals surface area contributed by atoms with Gasteiger partial charge in [0, 0.05) is 0 Å². The van der Waals surface area contributed by atoms with E-state index in [2.05, 4.69) is 15.2 Å². The second-order valence-corrected chi connectivity index (χ2v) is 13.1. The Morgan fingerprint density at radius 1 is 0.786 bits per heavy atom. The molecule has 218 valence electrons. The summed E-state index contributed by atoms with van der Waals surface area (Å²) < 4.78 is 59.3. The smallest absolute Gasteiger partial charge is 0.339 e. The first-order valence-electron chi connectivity index (χ1n) is 13.0. The van der Waals surface area contributed by atoms with Gasteiger partial charge in [0.15, 0.2) is 0 Å². The van der Waals surface area contributed by atoms with E-state index < -0.39 is 32.1 Å². The first-order valence-corrected chi connectivity index (χ1v) is 15.9. The van der Waals surface area contributed by atoms with Crippen molar-refractivity contribution in [3.63, 3.8) is 0 Å². The van der Waals surface area contributed by atoms with Crippen LogP contribution in [0.25, 0.3) is 0 Å². The number of carbonyl (C=O) groups is 1. The number of rotatable bonds is 11. The van der Waals surface area contributed by atoms with Crippen molar-refractivity contribution in [2.24, 2.45) is 5.10 Å². The van der Waals surface area contributed by atoms with E-state index in [0.29, 0.717) is 5.56 Å². The van der Waals surface area contributed by atoms with Gasteiger partial charge in [-0.2, -0.15) is 18.2 Å². The Labute approximate surface area is 246 Å². The van der Waals surface area contributed by atoms with Crippen LogP contribution in [0.4, 0.5) is 0 Å². The van der Waals surface area contributed by atoms with E-state index in [-0.39, 0.29) is 22.0 Å². The SMILES string of the molecule is Cc1ccc(S(=O)(=O)NC(Cc2ccc(OS(=O)(=O)c3ccc(C)cc3)cc2)C(=O)N/N=C\c2cccc(C)c2)cc1. The summed E-state index contributed by atoms with van der Waals surface area (Å²) in [6, 6.07) is 24.8. The van der Waals surface area contributed by atoms with Crippen LogP contribution in [0.15, 0.2) is 112 Å². The molecule has 1 unspecified atom stereocenters. The van der Waals surface area contributed by atoms with Gasteiger partial charge in [0.2, 0.25) is 10.0 Å². The number of carbonyl (C=O) groups excluding carboxylic acids is 1. The van der Waals surface area contributed by atoms with Gasteiger partial charge < -0.3 is 4.18 Å². The second-order valence-electron chi connectivity index (χ2n) is 9.83. The predicted octanol–water partition coefficient (Wildman–Crippen LogP) is 4.42. The molecule has 1 amide bonds. The van der Waals surface area contributed by atoms with Crippen LogP contribution in [0.5, 0.6) is 5.75 Å². The summed E-state index contributed by atoms with van der Waals surface area (Å²) in [5.41, 5.74) is 6.57. The molecular weight excluding hydrogens is 574 g/mol. The van der Waals surface area contributed by atoms with Gasteiger partial charge in [-0.15, -0.1) is 0 Å². The summed E-state index contributed by atoms with van der Waals surface area (Å²) >= 11 is 0. The van der Waals surface area contributed by atoms with Crippen molar-refractivity contribution in [3.8, 4) is 5.75 Å². The van der Waals surface area contributed by atoms with E-state index in [1.54, 1.807) is 36.4 Å². The maximum absolute atomic E-state index is 13.1. The van der Waals surface area contributed by atoms with Gasteiger partial charge in [-0.25, -0.2) is 13.8 Å². The van der Waals surface area contributed by atoms with Crippen LogP contribution < -0.4 is 14.3 Å². The lowest BCUT2D eigenvalue weighted by Crippen LogP contribution is -2.46. The van der Waals surface area contributed by atoms with Crippen LogP contribution in [0, 0.1) is 20.8 Å². The summed E-state index contributed by atoms with van der Waals surface area (Å²) in [6.07, 6.45) is 1.43. The molecule has 0 bridgehead atoms. The van der Waals surface area contributed by atoms with E-state index >= 15 is 0 Å². The molecule has 9 nitrogen and oxygen atoms in total. The minimum absolute atomic E-state index is 0.0132. The lowest BCUT2D eigenvalue weighted by molar-refractivity contribution is -0.122. The molecule has 0 spiro atoms. The predicted molar refractivity (Wildman–Crippen MR) is 161 cm³/mol. The summed E-state index contributed by atoms with van der Waals surface area (Å²) in [7, 11) is -8.10. The average Bonchev–Trinajstić information content (AvgIpc) is 2.94. The molecule has 0 saturated carbocycles. The number of nitrogens with zero attached hydrogens (tertiary/aromatic N) is 1. The number of sulfonamides is 1. The standard InChI is InChI=1S/C31H31N3O6S2/c1-22-7-15-28(16-8-22)41(36,37)34-30(31(35)33-32-21-26-6-4-5-24(3)19-26)20-25-11-13-27(14-12-25)40-42(38,39)29-17-9-23(2)10-18-29/h4-19,21,30,34H,20H2,1-3H3,(H,33,35)/b32-21-. The highest BCUT2D eigenvalue weighted by Crippen LogP contribution is 2.21. The van der Waals surface area contributed by atoms with E-state index in [0.717, 1.165) is 22.3 Å². The average molecular weight is 606 g/mol. The highest BCUT2D eigenvalue weighted by Gasteiger charge is 2.26. The van der Waals surface area contributed by atoms with E-state index in [1.807, 2.05) is 45.0 Å². The van der Waals surface area contributed by atoms with Gasteiger partial charge in [0.05, 0.1) is 11.1 Å². The van der Waals surface area contributed by atoms with Crippen LogP contribution in [-0.2, 0) is 31.4 Å². The fourth-order valence-corrected chi connectivity index (χ4v) is 6.08. The van der Waals surface area contributed by atoms with Gasteiger partial charge in [0.1, 0.15) is 16.7 Å². The van der Waals surface area contributed by atoms with Crippen LogP contribution >= 0.6 is 0 Å². The Morgan fingerprint density at radius 2 is 1.38 bits per heavy atom. The Balaban J connectivity index is 1.52. The molecule has 0 aromatic heterocycles. The highest BCUT2D eigenvalue weighted by atomic mass is 32.2. The Hall–Kier alpha value is -4.32. The van der Waals surface area contributed by atoms with Crippen molar-refractivity contribution in [2.45, 2.75) is 43.0 Å². The number of hydrogen-bond donors (Lipinski definition) is 2. The van der Waals surface area contributed by atoms with Gasteiger partial charge in [-0.3, -0.25) is 4.79 Å². The van der Waals surface area contributed by atoms with Crippen molar-refractivity contribution in [3.05, 3.63) is 125 Å². The zero-order valence-corrected chi connectivity index (χ0v) is 24.9. The van der Waals surface area contributed by atoms with Gasteiger partial charge in [0.25, 0.3) is 5.91 Å². The third-order valence-corrected chi connectivity index (χ3v) is 9.00. The van der Waals surface area contributed by atoms with Crippen LogP contribution in [0.1, 0.15) is 27.8 Å². The summed E-state index contributed by atoms with van der Waals surface area (Å²) in [5.74, 6) is -0.597. The minimum atomic E-state index is -4.06. The fraction of sp³-hybridized carbons (Fsp3) is 0.161. The molecule has 4 aromatic rings. The van der Waals surface area contributed by atoms with Crippen molar-refractivity contribution < 1.29 is 25.8 Å². The number of aryl methyl sites for hydroxylation is 3. The molecule has 4 aromatic carbocycles. The topological polar surface area (TPSA) is 131 Å². The molecule has 0 radical (unpaired) electrons. The van der Waals surface area contributed by atoms with E-state index in [4.69, 9.17) is 4.18 Å². The molecule has 0 fully saturated rings. The van der Waals surface area contributed by atoms with Crippen molar-refractivity contribution in [1.82, 2.24) is 10.1 Å². The highest BCUT2D eigenvalue weighted by molar-refractivity contribution is 7.89. The van der Waals surface area contributed by atoms with Crippen molar-refractivity contribution in [2.75, 3.05) is 0 Å². The number of nitrogens with one attached hydrogen (secondary N) is 2. The molecule has 1 atom stereocenters. The Kier molecular flexibility index (Phi) is 9.56. The summed E-state index contributed by atoms with van der Waals surface area (Å²) in [4.78, 5) is 13.2. The molecule has 11 heteroatoms. The van der Waals surface area contributed by atoms with Crippen molar-refractivity contribution >= 4 is 32.3 Å². The molecule has 0 heterocycles. The summed E-state index contributed by atoms with van der Waals surface area (Å²) in [5, 5.41) is 4.00. The Bertz CT molecular complexity index is 1790. The zero-order valence-electron chi connectivity index (χ0n) is 23.3. The molecule has 0 aliphatic carbocycles. The lowest BCUT2D eigenvalue weighted by Gasteiger charge is -2.18. The van der Waals surface area contributed by atoms with Gasteiger partial charge in [-0.05, 0) is 74.7 Å². The lowest BCUT2D eigenvalue weighted by atomic mass is 10.1. The molecule has 0 saturated heterocycles. The number of hydrazone groups is 1. The largest absolute Gasteiger partial charge is 0.379 e. The first kappa shape index (κ1) is 30.6. The molecular formula is C31H31N3O6S2. The van der Waals surface area contributed by atoms with Crippen molar-refractivity contribution in [1.29, 1.82) is 0 Å². The monoisotopic (exact) mass is 605 g/mol. The molecule has 4 rings (SSSR count). The molecule has 0 aliphatic rings. The van der Waals surface area contributed by atoms with Crippen LogP contribution in [-0.4, -0.2) is 35.0 Å². The molecule has 0 aliphatic heterocycles. The number of benzene rings is 4. The minimum Gasteiger partial charge on any atom is -0.379 e.